The Morgan fingerprint density at radius 1 is 1.26 bits per heavy atom. The summed E-state index contributed by atoms with van der Waals surface area (Å²) in [5, 5.41) is 0.583. The van der Waals surface area contributed by atoms with Crippen molar-refractivity contribution in [1.82, 2.24) is 4.90 Å². The maximum atomic E-state index is 12.8. The second-order valence-electron chi connectivity index (χ2n) is 6.34. The van der Waals surface area contributed by atoms with E-state index in [4.69, 9.17) is 11.6 Å². The number of rotatable bonds is 4. The summed E-state index contributed by atoms with van der Waals surface area (Å²) < 4.78 is 24.2. The molecule has 0 aliphatic carbocycles. The van der Waals surface area contributed by atoms with Crippen molar-refractivity contribution in [3.05, 3.63) is 28.8 Å². The fraction of sp³-hybridized carbons (Fsp3) is 0.562. The lowest BCUT2D eigenvalue weighted by atomic mass is 10.1. The highest BCUT2D eigenvalue weighted by molar-refractivity contribution is 7.91. The molecule has 23 heavy (non-hydrogen) atoms. The molecule has 2 atom stereocenters. The van der Waals surface area contributed by atoms with Gasteiger partial charge in [-0.3, -0.25) is 4.90 Å². The topological polar surface area (TPSA) is 57.7 Å². The molecule has 2 aliphatic heterocycles. The first-order chi connectivity index (χ1) is 10.8. The summed E-state index contributed by atoms with van der Waals surface area (Å²) in [6.45, 7) is 4.55. The van der Waals surface area contributed by atoms with Gasteiger partial charge in [0.1, 0.15) is 0 Å². The highest BCUT2D eigenvalue weighted by Gasteiger charge is 2.53. The quantitative estimate of drug-likeness (QED) is 0.779. The Morgan fingerprint density at radius 3 is 2.61 bits per heavy atom. The Hall–Kier alpha value is -1.27. The van der Waals surface area contributed by atoms with Gasteiger partial charge in [0, 0.05) is 17.3 Å². The maximum Gasteiger partial charge on any atom is 0.325 e. The molecule has 0 aromatic heterocycles. The number of nitrogens with zero attached hydrogens (tertiary/aromatic N) is 2. The Morgan fingerprint density at radius 2 is 1.96 bits per heavy atom. The molecule has 3 rings (SSSR count). The van der Waals surface area contributed by atoms with E-state index in [0.29, 0.717) is 17.3 Å². The zero-order chi connectivity index (χ0) is 16.8. The Balaban J connectivity index is 1.98. The van der Waals surface area contributed by atoms with Gasteiger partial charge in [0.2, 0.25) is 0 Å². The van der Waals surface area contributed by atoms with Crippen LogP contribution in [0.3, 0.4) is 0 Å². The van der Waals surface area contributed by atoms with Crippen LogP contribution in [0.1, 0.15) is 25.3 Å². The molecule has 0 radical (unpaired) electrons. The first-order valence-corrected chi connectivity index (χ1v) is 10.1. The standard InChI is InChI=1S/C16H21ClN2O3S/c1-3-4-7-18-14-9-23(21,22)10-15(14)19(16(18)20)12-6-5-11(2)13(17)8-12/h5-6,8,14-15H,3-4,7,9-10H2,1-2H3/t14-,15-/m1/s1. The fourth-order valence-corrected chi connectivity index (χ4v) is 5.53. The van der Waals surface area contributed by atoms with Crippen LogP contribution in [0.5, 0.6) is 0 Å². The van der Waals surface area contributed by atoms with Crippen molar-refractivity contribution in [2.75, 3.05) is 23.0 Å². The van der Waals surface area contributed by atoms with Gasteiger partial charge in [-0.15, -0.1) is 0 Å². The highest BCUT2D eigenvalue weighted by atomic mass is 35.5. The number of hydrogen-bond acceptors (Lipinski definition) is 3. The minimum atomic E-state index is -3.11. The van der Waals surface area contributed by atoms with E-state index < -0.39 is 9.84 Å². The average molecular weight is 357 g/mol. The third-order valence-corrected chi connectivity index (χ3v) is 6.77. The molecule has 2 amide bonds. The van der Waals surface area contributed by atoms with Gasteiger partial charge in [-0.25, -0.2) is 13.2 Å². The Kier molecular flexibility index (Phi) is 4.31. The monoisotopic (exact) mass is 356 g/mol. The Labute approximate surface area is 142 Å². The molecule has 7 heteroatoms. The smallest absolute Gasteiger partial charge is 0.318 e. The maximum absolute atomic E-state index is 12.8. The molecule has 1 aromatic rings. The molecule has 2 aliphatic rings. The zero-order valence-corrected chi connectivity index (χ0v) is 14.9. The van der Waals surface area contributed by atoms with Gasteiger partial charge in [-0.05, 0) is 31.0 Å². The van der Waals surface area contributed by atoms with Crippen molar-refractivity contribution in [2.45, 2.75) is 38.8 Å². The van der Waals surface area contributed by atoms with E-state index in [9.17, 15) is 13.2 Å². The van der Waals surface area contributed by atoms with Gasteiger partial charge in [0.15, 0.2) is 9.84 Å². The number of amides is 2. The number of carbonyl (C=O) groups excluding carboxylic acids is 1. The summed E-state index contributed by atoms with van der Waals surface area (Å²) in [7, 11) is -3.11. The highest BCUT2D eigenvalue weighted by Crippen LogP contribution is 2.36. The summed E-state index contributed by atoms with van der Waals surface area (Å²) in [4.78, 5) is 16.2. The number of carbonyl (C=O) groups is 1. The molecular weight excluding hydrogens is 336 g/mol. The number of hydrogen-bond donors (Lipinski definition) is 0. The van der Waals surface area contributed by atoms with E-state index in [0.717, 1.165) is 18.4 Å². The minimum absolute atomic E-state index is 0.0253. The molecule has 0 spiro atoms. The van der Waals surface area contributed by atoms with Gasteiger partial charge in [-0.1, -0.05) is 31.0 Å². The van der Waals surface area contributed by atoms with Crippen LogP contribution in [0, 0.1) is 6.92 Å². The number of fused-ring (bicyclic) bond motifs is 1. The van der Waals surface area contributed by atoms with Crippen LogP contribution in [-0.4, -0.2) is 49.5 Å². The Bertz CT molecular complexity index is 735. The first-order valence-electron chi connectivity index (χ1n) is 7.90. The minimum Gasteiger partial charge on any atom is -0.318 e. The molecule has 2 fully saturated rings. The van der Waals surface area contributed by atoms with E-state index in [1.165, 1.54) is 0 Å². The lowest BCUT2D eigenvalue weighted by molar-refractivity contribution is 0.208. The van der Waals surface area contributed by atoms with Crippen molar-refractivity contribution < 1.29 is 13.2 Å². The number of aryl methyl sites for hydroxylation is 1. The van der Waals surface area contributed by atoms with E-state index in [1.807, 2.05) is 19.1 Å². The molecule has 0 N–H and O–H groups in total. The van der Waals surface area contributed by atoms with E-state index in [1.54, 1.807) is 15.9 Å². The lowest BCUT2D eigenvalue weighted by Gasteiger charge is -2.23. The molecule has 0 unspecified atom stereocenters. The number of sulfone groups is 1. The number of urea groups is 1. The molecule has 1 aromatic carbocycles. The number of unbranched alkanes of at least 4 members (excludes halogenated alkanes) is 1. The summed E-state index contributed by atoms with van der Waals surface area (Å²) >= 11 is 6.19. The van der Waals surface area contributed by atoms with Gasteiger partial charge >= 0.3 is 6.03 Å². The number of anilines is 1. The molecule has 2 heterocycles. The molecule has 0 saturated carbocycles. The van der Waals surface area contributed by atoms with Crippen molar-refractivity contribution >= 4 is 33.2 Å². The van der Waals surface area contributed by atoms with E-state index >= 15 is 0 Å². The summed E-state index contributed by atoms with van der Waals surface area (Å²) in [6.07, 6.45) is 1.84. The summed E-state index contributed by atoms with van der Waals surface area (Å²) in [5.41, 5.74) is 1.61. The van der Waals surface area contributed by atoms with Crippen molar-refractivity contribution in [3.8, 4) is 0 Å². The van der Waals surface area contributed by atoms with Crippen molar-refractivity contribution in [2.24, 2.45) is 0 Å². The van der Waals surface area contributed by atoms with Crippen LogP contribution in [0.15, 0.2) is 18.2 Å². The fourth-order valence-electron chi connectivity index (χ4n) is 3.40. The van der Waals surface area contributed by atoms with Gasteiger partial charge in [0.25, 0.3) is 0 Å². The molecule has 0 bridgehead atoms. The van der Waals surface area contributed by atoms with Crippen LogP contribution < -0.4 is 4.90 Å². The van der Waals surface area contributed by atoms with Gasteiger partial charge < -0.3 is 4.90 Å². The average Bonchev–Trinajstić information content (AvgIpc) is 2.90. The molecular formula is C16H21ClN2O3S. The van der Waals surface area contributed by atoms with Crippen LogP contribution in [0.25, 0.3) is 0 Å². The normalized spacial score (nSPS) is 26.0. The SMILES string of the molecule is CCCCN1C(=O)N(c2ccc(C)c(Cl)c2)[C@@H]2CS(=O)(=O)C[C@H]21. The third kappa shape index (κ3) is 2.94. The van der Waals surface area contributed by atoms with Crippen molar-refractivity contribution in [3.63, 3.8) is 0 Å². The molecule has 5 nitrogen and oxygen atoms in total. The lowest BCUT2D eigenvalue weighted by Crippen LogP contribution is -2.38. The number of halogens is 1. The molecule has 2 saturated heterocycles. The van der Waals surface area contributed by atoms with Gasteiger partial charge in [0.05, 0.1) is 23.6 Å². The van der Waals surface area contributed by atoms with Crippen LogP contribution >= 0.6 is 11.6 Å². The number of benzene rings is 1. The van der Waals surface area contributed by atoms with Crippen LogP contribution in [0.2, 0.25) is 5.02 Å². The predicted octanol–water partition coefficient (Wildman–Crippen LogP) is 2.86. The second-order valence-corrected chi connectivity index (χ2v) is 8.91. The summed E-state index contributed by atoms with van der Waals surface area (Å²) in [5.74, 6) is 0.0841. The summed E-state index contributed by atoms with van der Waals surface area (Å²) in [6, 6.07) is 4.77. The van der Waals surface area contributed by atoms with Crippen molar-refractivity contribution in [1.29, 1.82) is 0 Å². The predicted molar refractivity (Wildman–Crippen MR) is 91.9 cm³/mol. The second kappa shape index (κ2) is 5.98. The largest absolute Gasteiger partial charge is 0.325 e. The zero-order valence-electron chi connectivity index (χ0n) is 13.3. The van der Waals surface area contributed by atoms with E-state index in [-0.39, 0.29) is 29.6 Å². The molecule has 126 valence electrons. The van der Waals surface area contributed by atoms with Crippen LogP contribution in [-0.2, 0) is 9.84 Å². The van der Waals surface area contributed by atoms with Gasteiger partial charge in [-0.2, -0.15) is 0 Å². The van der Waals surface area contributed by atoms with E-state index in [2.05, 4.69) is 6.92 Å². The third-order valence-electron chi connectivity index (χ3n) is 4.66. The van der Waals surface area contributed by atoms with Crippen LogP contribution in [0.4, 0.5) is 10.5 Å². The first kappa shape index (κ1) is 16.6.